The van der Waals surface area contributed by atoms with Crippen LogP contribution < -0.4 is 0 Å². The van der Waals surface area contributed by atoms with Gasteiger partial charge in [0.2, 0.25) is 0 Å². The highest BCUT2D eigenvalue weighted by Crippen LogP contribution is 2.18. The molecule has 0 saturated heterocycles. The third-order valence-corrected chi connectivity index (χ3v) is 3.13. The van der Waals surface area contributed by atoms with Gasteiger partial charge < -0.3 is 13.9 Å². The first-order valence-corrected chi connectivity index (χ1v) is 5.83. The fourth-order valence-corrected chi connectivity index (χ4v) is 2.14. The molecule has 0 aromatic carbocycles. The molecule has 2 aromatic rings. The summed E-state index contributed by atoms with van der Waals surface area (Å²) in [7, 11) is 0. The Morgan fingerprint density at radius 2 is 2.29 bits per heavy atom. The molecule has 0 bridgehead atoms. The van der Waals surface area contributed by atoms with E-state index in [9.17, 15) is 0 Å². The molecular weight excluding hydrogens is 218 g/mol. The van der Waals surface area contributed by atoms with Crippen LogP contribution in [0.4, 0.5) is 0 Å². The lowest BCUT2D eigenvalue weighted by atomic mass is 10.3. The number of imidazole rings is 1. The smallest absolute Gasteiger partial charge is 0.155 e. The maximum atomic E-state index is 5.45. The third kappa shape index (κ3) is 1.84. The summed E-state index contributed by atoms with van der Waals surface area (Å²) in [5.41, 5.74) is 0. The van der Waals surface area contributed by atoms with Crippen molar-refractivity contribution in [2.24, 2.45) is 0 Å². The van der Waals surface area contributed by atoms with Crippen molar-refractivity contribution in [3.63, 3.8) is 0 Å². The molecule has 1 aliphatic heterocycles. The molecule has 1 unspecified atom stereocenters. The lowest BCUT2D eigenvalue weighted by Gasteiger charge is -2.14. The molecule has 0 spiro atoms. The number of hydrogen-bond donors (Lipinski definition) is 0. The predicted molar refractivity (Wildman–Crippen MR) is 60.6 cm³/mol. The number of fused-ring (bicyclic) bond motifs is 1. The molecule has 0 amide bonds. The molecule has 0 radical (unpaired) electrons. The average molecular weight is 233 g/mol. The summed E-state index contributed by atoms with van der Waals surface area (Å²) in [4.78, 5) is 4.06. The molecule has 90 valence electrons. The second kappa shape index (κ2) is 4.29. The SMILES string of the molecule is CC(c1nnc2n1CCOCC2)n1ccnc1. The number of aromatic nitrogens is 5. The summed E-state index contributed by atoms with van der Waals surface area (Å²) in [5, 5.41) is 8.55. The molecule has 17 heavy (non-hydrogen) atoms. The Bertz CT molecular complexity index is 490. The fraction of sp³-hybridized carbons (Fsp3) is 0.545. The third-order valence-electron chi connectivity index (χ3n) is 3.13. The molecule has 1 aliphatic rings. The van der Waals surface area contributed by atoms with E-state index in [4.69, 9.17) is 4.74 Å². The predicted octanol–water partition coefficient (Wildman–Crippen LogP) is 0.657. The van der Waals surface area contributed by atoms with E-state index in [1.54, 1.807) is 12.5 Å². The molecular formula is C11H15N5O. The van der Waals surface area contributed by atoms with Crippen molar-refractivity contribution in [1.82, 2.24) is 24.3 Å². The molecule has 0 saturated carbocycles. The molecule has 3 heterocycles. The molecule has 0 fully saturated rings. The van der Waals surface area contributed by atoms with Gasteiger partial charge in [0, 0.05) is 25.4 Å². The minimum Gasteiger partial charge on any atom is -0.379 e. The van der Waals surface area contributed by atoms with E-state index in [0.29, 0.717) is 0 Å². The van der Waals surface area contributed by atoms with Crippen LogP contribution in [0.25, 0.3) is 0 Å². The summed E-state index contributed by atoms with van der Waals surface area (Å²) < 4.78 is 9.65. The Morgan fingerprint density at radius 1 is 1.35 bits per heavy atom. The molecule has 0 N–H and O–H groups in total. The lowest BCUT2D eigenvalue weighted by Crippen LogP contribution is -2.15. The molecule has 6 heteroatoms. The van der Waals surface area contributed by atoms with Gasteiger partial charge in [-0.2, -0.15) is 0 Å². The first-order valence-electron chi connectivity index (χ1n) is 5.83. The van der Waals surface area contributed by atoms with E-state index >= 15 is 0 Å². The van der Waals surface area contributed by atoms with Gasteiger partial charge in [0.05, 0.1) is 25.6 Å². The van der Waals surface area contributed by atoms with Gasteiger partial charge >= 0.3 is 0 Å². The monoisotopic (exact) mass is 233 g/mol. The Labute approximate surface area is 99.3 Å². The zero-order valence-electron chi connectivity index (χ0n) is 9.78. The topological polar surface area (TPSA) is 57.8 Å². The maximum absolute atomic E-state index is 5.45. The van der Waals surface area contributed by atoms with Crippen LogP contribution in [0.5, 0.6) is 0 Å². The van der Waals surface area contributed by atoms with Crippen LogP contribution in [0, 0.1) is 0 Å². The van der Waals surface area contributed by atoms with E-state index < -0.39 is 0 Å². The van der Waals surface area contributed by atoms with Crippen LogP contribution in [-0.4, -0.2) is 37.5 Å². The van der Waals surface area contributed by atoms with E-state index in [0.717, 1.165) is 37.8 Å². The van der Waals surface area contributed by atoms with Gasteiger partial charge in [-0.05, 0) is 6.92 Å². The number of ether oxygens (including phenoxy) is 1. The minimum absolute atomic E-state index is 0.150. The maximum Gasteiger partial charge on any atom is 0.155 e. The quantitative estimate of drug-likeness (QED) is 0.764. The number of hydrogen-bond acceptors (Lipinski definition) is 4. The van der Waals surface area contributed by atoms with Crippen LogP contribution in [-0.2, 0) is 17.7 Å². The van der Waals surface area contributed by atoms with Gasteiger partial charge in [-0.25, -0.2) is 4.98 Å². The highest BCUT2D eigenvalue weighted by molar-refractivity contribution is 5.03. The van der Waals surface area contributed by atoms with Gasteiger partial charge in [0.15, 0.2) is 5.82 Å². The van der Waals surface area contributed by atoms with Crippen molar-refractivity contribution in [2.75, 3.05) is 13.2 Å². The highest BCUT2D eigenvalue weighted by Gasteiger charge is 2.19. The normalized spacial score (nSPS) is 17.5. The van der Waals surface area contributed by atoms with Gasteiger partial charge in [0.1, 0.15) is 5.82 Å². The standard InChI is InChI=1S/C11H15N5O/c1-9(15-4-3-12-8-15)11-14-13-10-2-6-17-7-5-16(10)11/h3-4,8-9H,2,5-7H2,1H3. The van der Waals surface area contributed by atoms with Crippen molar-refractivity contribution in [1.29, 1.82) is 0 Å². The second-order valence-corrected chi connectivity index (χ2v) is 4.17. The van der Waals surface area contributed by atoms with E-state index in [1.807, 2.05) is 10.8 Å². The Hall–Kier alpha value is -1.69. The summed E-state index contributed by atoms with van der Waals surface area (Å²) in [6.07, 6.45) is 6.36. The highest BCUT2D eigenvalue weighted by atomic mass is 16.5. The van der Waals surface area contributed by atoms with Gasteiger partial charge in [-0.3, -0.25) is 0 Å². The van der Waals surface area contributed by atoms with Gasteiger partial charge in [-0.1, -0.05) is 0 Å². The zero-order chi connectivity index (χ0) is 11.7. The van der Waals surface area contributed by atoms with Crippen LogP contribution in [0.15, 0.2) is 18.7 Å². The second-order valence-electron chi connectivity index (χ2n) is 4.17. The Kier molecular flexibility index (Phi) is 2.64. The molecule has 6 nitrogen and oxygen atoms in total. The summed E-state index contributed by atoms with van der Waals surface area (Å²) in [6.45, 7) is 4.40. The van der Waals surface area contributed by atoms with E-state index in [1.165, 1.54) is 0 Å². The number of rotatable bonds is 2. The van der Waals surface area contributed by atoms with E-state index in [2.05, 4.69) is 26.7 Å². The molecule has 0 aliphatic carbocycles. The van der Waals surface area contributed by atoms with Crippen LogP contribution >= 0.6 is 0 Å². The Morgan fingerprint density at radius 3 is 3.12 bits per heavy atom. The molecule has 3 rings (SSSR count). The van der Waals surface area contributed by atoms with Crippen molar-refractivity contribution >= 4 is 0 Å². The van der Waals surface area contributed by atoms with E-state index in [-0.39, 0.29) is 6.04 Å². The van der Waals surface area contributed by atoms with Crippen molar-refractivity contribution in [3.05, 3.63) is 30.4 Å². The largest absolute Gasteiger partial charge is 0.379 e. The molecule has 1 atom stereocenters. The minimum atomic E-state index is 0.150. The fourth-order valence-electron chi connectivity index (χ4n) is 2.14. The summed E-state index contributed by atoms with van der Waals surface area (Å²) in [5.74, 6) is 1.99. The zero-order valence-corrected chi connectivity index (χ0v) is 9.78. The first kappa shape index (κ1) is 10.5. The average Bonchev–Trinajstić information content (AvgIpc) is 2.94. The molecule has 2 aromatic heterocycles. The van der Waals surface area contributed by atoms with Crippen LogP contribution in [0.1, 0.15) is 24.6 Å². The summed E-state index contributed by atoms with van der Waals surface area (Å²) >= 11 is 0. The van der Waals surface area contributed by atoms with Gasteiger partial charge in [-0.15, -0.1) is 10.2 Å². The van der Waals surface area contributed by atoms with Crippen molar-refractivity contribution < 1.29 is 4.74 Å². The van der Waals surface area contributed by atoms with Gasteiger partial charge in [0.25, 0.3) is 0 Å². The lowest BCUT2D eigenvalue weighted by molar-refractivity contribution is 0.139. The Balaban J connectivity index is 1.95. The van der Waals surface area contributed by atoms with Crippen molar-refractivity contribution in [2.45, 2.75) is 25.9 Å². The van der Waals surface area contributed by atoms with Crippen LogP contribution in [0.3, 0.4) is 0 Å². The number of nitrogens with zero attached hydrogens (tertiary/aromatic N) is 5. The van der Waals surface area contributed by atoms with Crippen molar-refractivity contribution in [3.8, 4) is 0 Å². The van der Waals surface area contributed by atoms with Crippen LogP contribution in [0.2, 0.25) is 0 Å². The summed E-state index contributed by atoms with van der Waals surface area (Å²) in [6, 6.07) is 0.150. The first-order chi connectivity index (χ1) is 8.36.